The van der Waals surface area contributed by atoms with Gasteiger partial charge in [0.05, 0.1) is 34.1 Å². The fourth-order valence-corrected chi connectivity index (χ4v) is 4.29. The molecule has 0 spiro atoms. The number of carbonyl (C=O) groups excluding carboxylic acids is 1. The Labute approximate surface area is 181 Å². The van der Waals surface area contributed by atoms with Crippen LogP contribution in [-0.2, 0) is 4.79 Å². The fraction of sp³-hybridized carbons (Fsp3) is 0.150. The average Bonchev–Trinajstić information content (AvgIpc) is 3.12. The lowest BCUT2D eigenvalue weighted by Crippen LogP contribution is -2.15. The summed E-state index contributed by atoms with van der Waals surface area (Å²) in [5.74, 6) is 0.623. The SMILES string of the molecule is COc1ccc2c(C)cc3nnc(SCC(=O)Nc4c(Cl)cccc4Cl)n3c2c1. The molecule has 2 aromatic carbocycles. The number of para-hydroxylation sites is 1. The van der Waals surface area contributed by atoms with Crippen LogP contribution in [0, 0.1) is 6.92 Å². The van der Waals surface area contributed by atoms with Gasteiger partial charge in [0.1, 0.15) is 5.75 Å². The van der Waals surface area contributed by atoms with Crippen molar-refractivity contribution in [3.05, 3.63) is 58.1 Å². The number of fused-ring (bicyclic) bond motifs is 3. The van der Waals surface area contributed by atoms with Crippen LogP contribution in [0.2, 0.25) is 10.0 Å². The Kier molecular flexibility index (Phi) is 5.54. The molecule has 0 aliphatic carbocycles. The largest absolute Gasteiger partial charge is 0.497 e. The summed E-state index contributed by atoms with van der Waals surface area (Å²) in [6, 6.07) is 12.9. The van der Waals surface area contributed by atoms with Gasteiger partial charge in [-0.3, -0.25) is 9.20 Å². The number of nitrogens with zero attached hydrogens (tertiary/aromatic N) is 3. The molecule has 0 saturated heterocycles. The number of amides is 1. The van der Waals surface area contributed by atoms with E-state index in [4.69, 9.17) is 27.9 Å². The van der Waals surface area contributed by atoms with Gasteiger partial charge in [-0.2, -0.15) is 0 Å². The molecule has 0 aliphatic heterocycles. The minimum Gasteiger partial charge on any atom is -0.497 e. The third kappa shape index (κ3) is 3.85. The summed E-state index contributed by atoms with van der Waals surface area (Å²) in [7, 11) is 1.63. The van der Waals surface area contributed by atoms with Crippen LogP contribution in [0.1, 0.15) is 5.56 Å². The Hall–Kier alpha value is -2.48. The van der Waals surface area contributed by atoms with Crippen LogP contribution in [0.5, 0.6) is 5.75 Å². The van der Waals surface area contributed by atoms with Gasteiger partial charge >= 0.3 is 0 Å². The monoisotopic (exact) mass is 446 g/mol. The number of aryl methyl sites for hydroxylation is 1. The van der Waals surface area contributed by atoms with Crippen molar-refractivity contribution in [3.8, 4) is 5.75 Å². The summed E-state index contributed by atoms with van der Waals surface area (Å²) in [5, 5.41) is 13.7. The molecular weight excluding hydrogens is 431 g/mol. The molecule has 29 heavy (non-hydrogen) atoms. The number of carbonyl (C=O) groups is 1. The third-order valence-electron chi connectivity index (χ3n) is 4.43. The fourth-order valence-electron chi connectivity index (χ4n) is 3.05. The predicted molar refractivity (Wildman–Crippen MR) is 118 cm³/mol. The first-order chi connectivity index (χ1) is 14.0. The minimum absolute atomic E-state index is 0.127. The first-order valence-corrected chi connectivity index (χ1v) is 10.4. The summed E-state index contributed by atoms with van der Waals surface area (Å²) < 4.78 is 7.29. The molecule has 2 aromatic heterocycles. The van der Waals surface area contributed by atoms with Gasteiger partial charge in [0, 0.05) is 11.5 Å². The van der Waals surface area contributed by atoms with Crippen molar-refractivity contribution in [2.75, 3.05) is 18.2 Å². The molecule has 6 nitrogen and oxygen atoms in total. The quantitative estimate of drug-likeness (QED) is 0.424. The first kappa shape index (κ1) is 19.8. The van der Waals surface area contributed by atoms with Crippen molar-refractivity contribution in [2.24, 2.45) is 0 Å². The van der Waals surface area contributed by atoms with E-state index in [0.717, 1.165) is 22.2 Å². The molecule has 0 saturated carbocycles. The van der Waals surface area contributed by atoms with Crippen molar-refractivity contribution in [1.29, 1.82) is 0 Å². The molecule has 148 valence electrons. The summed E-state index contributed by atoms with van der Waals surface area (Å²) in [6.07, 6.45) is 0. The Morgan fingerprint density at radius 2 is 1.93 bits per heavy atom. The molecule has 9 heteroatoms. The number of ether oxygens (including phenoxy) is 1. The highest BCUT2D eigenvalue weighted by atomic mass is 35.5. The summed E-state index contributed by atoms with van der Waals surface area (Å²) in [4.78, 5) is 12.4. The van der Waals surface area contributed by atoms with E-state index >= 15 is 0 Å². The van der Waals surface area contributed by atoms with E-state index in [-0.39, 0.29) is 11.7 Å². The molecule has 0 atom stereocenters. The molecule has 0 aliphatic rings. The number of anilines is 1. The standard InChI is InChI=1S/C20H16Cl2N4O2S/c1-11-8-17-24-25-20(26(17)16-9-12(28-2)6-7-13(11)16)29-10-18(27)23-19-14(21)4-3-5-15(19)22/h3-9H,10H2,1-2H3,(H,23,27). The number of hydrogen-bond acceptors (Lipinski definition) is 5. The molecule has 0 fully saturated rings. The number of pyridine rings is 1. The van der Waals surface area contributed by atoms with Crippen molar-refractivity contribution in [1.82, 2.24) is 14.6 Å². The molecular formula is C20H16Cl2N4O2S. The van der Waals surface area contributed by atoms with Crippen LogP contribution in [-0.4, -0.2) is 33.4 Å². The maximum Gasteiger partial charge on any atom is 0.234 e. The highest BCUT2D eigenvalue weighted by Gasteiger charge is 2.15. The van der Waals surface area contributed by atoms with E-state index in [0.29, 0.717) is 26.5 Å². The topological polar surface area (TPSA) is 68.5 Å². The highest BCUT2D eigenvalue weighted by molar-refractivity contribution is 7.99. The summed E-state index contributed by atoms with van der Waals surface area (Å²) >= 11 is 13.5. The van der Waals surface area contributed by atoms with Crippen molar-refractivity contribution in [2.45, 2.75) is 12.1 Å². The smallest absolute Gasteiger partial charge is 0.234 e. The zero-order chi connectivity index (χ0) is 20.5. The van der Waals surface area contributed by atoms with Crippen LogP contribution in [0.15, 0.2) is 47.6 Å². The lowest BCUT2D eigenvalue weighted by molar-refractivity contribution is -0.113. The van der Waals surface area contributed by atoms with Crippen LogP contribution in [0.4, 0.5) is 5.69 Å². The lowest BCUT2D eigenvalue weighted by atomic mass is 10.1. The second-order valence-corrected chi connectivity index (χ2v) is 8.08. The Balaban J connectivity index is 1.63. The lowest BCUT2D eigenvalue weighted by Gasteiger charge is -2.10. The molecule has 1 N–H and O–H groups in total. The normalized spacial score (nSPS) is 11.2. The molecule has 4 rings (SSSR count). The summed E-state index contributed by atoms with van der Waals surface area (Å²) in [6.45, 7) is 2.02. The van der Waals surface area contributed by atoms with E-state index in [2.05, 4.69) is 15.5 Å². The molecule has 4 aromatic rings. The van der Waals surface area contributed by atoms with Crippen LogP contribution < -0.4 is 10.1 Å². The number of aromatic nitrogens is 3. The number of halogens is 2. The molecule has 0 bridgehead atoms. The van der Waals surface area contributed by atoms with Gasteiger partial charge in [0.25, 0.3) is 0 Å². The van der Waals surface area contributed by atoms with Crippen LogP contribution >= 0.6 is 35.0 Å². The minimum atomic E-state index is -0.240. The van der Waals surface area contributed by atoms with Crippen LogP contribution in [0.25, 0.3) is 16.6 Å². The van der Waals surface area contributed by atoms with E-state index in [1.807, 2.05) is 35.6 Å². The number of methoxy groups -OCH3 is 1. The average molecular weight is 447 g/mol. The highest BCUT2D eigenvalue weighted by Crippen LogP contribution is 2.31. The van der Waals surface area contributed by atoms with Gasteiger partial charge in [0.2, 0.25) is 5.91 Å². The number of hydrogen-bond donors (Lipinski definition) is 1. The molecule has 0 radical (unpaired) electrons. The first-order valence-electron chi connectivity index (χ1n) is 8.67. The van der Waals surface area contributed by atoms with E-state index in [1.165, 1.54) is 11.8 Å². The number of nitrogens with one attached hydrogen (secondary N) is 1. The van der Waals surface area contributed by atoms with E-state index in [9.17, 15) is 4.79 Å². The number of thioether (sulfide) groups is 1. The van der Waals surface area contributed by atoms with E-state index < -0.39 is 0 Å². The Morgan fingerprint density at radius 3 is 2.66 bits per heavy atom. The second-order valence-electron chi connectivity index (χ2n) is 6.32. The maximum atomic E-state index is 12.4. The van der Waals surface area contributed by atoms with Gasteiger partial charge in [-0.25, -0.2) is 0 Å². The van der Waals surface area contributed by atoms with Crippen molar-refractivity contribution >= 4 is 63.1 Å². The molecule has 0 unspecified atom stereocenters. The predicted octanol–water partition coefficient (Wildman–Crippen LogP) is 5.24. The van der Waals surface area contributed by atoms with Gasteiger partial charge in [0.15, 0.2) is 10.8 Å². The zero-order valence-electron chi connectivity index (χ0n) is 15.6. The number of rotatable bonds is 5. The summed E-state index contributed by atoms with van der Waals surface area (Å²) in [5.41, 5.74) is 3.12. The maximum absolute atomic E-state index is 12.4. The Bertz CT molecular complexity index is 1220. The van der Waals surface area contributed by atoms with Gasteiger partial charge in [-0.1, -0.05) is 41.0 Å². The van der Waals surface area contributed by atoms with E-state index in [1.54, 1.807) is 25.3 Å². The van der Waals surface area contributed by atoms with Crippen molar-refractivity contribution < 1.29 is 9.53 Å². The van der Waals surface area contributed by atoms with Crippen molar-refractivity contribution in [3.63, 3.8) is 0 Å². The number of benzene rings is 2. The zero-order valence-corrected chi connectivity index (χ0v) is 17.9. The second kappa shape index (κ2) is 8.10. The van der Waals surface area contributed by atoms with Crippen LogP contribution in [0.3, 0.4) is 0 Å². The van der Waals surface area contributed by atoms with Gasteiger partial charge < -0.3 is 10.1 Å². The molecule has 1 amide bonds. The third-order valence-corrected chi connectivity index (χ3v) is 5.99. The Morgan fingerprint density at radius 1 is 1.17 bits per heavy atom. The molecule has 2 heterocycles. The van der Waals surface area contributed by atoms with Gasteiger partial charge in [-0.15, -0.1) is 10.2 Å². The van der Waals surface area contributed by atoms with Gasteiger partial charge in [-0.05, 0) is 42.8 Å².